The van der Waals surface area contributed by atoms with Crippen molar-refractivity contribution in [1.29, 1.82) is 0 Å². The molecule has 0 unspecified atom stereocenters. The van der Waals surface area contributed by atoms with Crippen LogP contribution < -0.4 is 5.73 Å². The maximum Gasteiger partial charge on any atom is 0.397 e. The van der Waals surface area contributed by atoms with E-state index < -0.39 is 52.9 Å². The summed E-state index contributed by atoms with van der Waals surface area (Å²) in [5, 5.41) is 27.5. The predicted octanol–water partition coefficient (Wildman–Crippen LogP) is -3.63. The van der Waals surface area contributed by atoms with Crippen LogP contribution >= 0.6 is 0 Å². The molecule has 0 aliphatic rings. The molecule has 0 spiro atoms. The quantitative estimate of drug-likeness (QED) is 0.221. The van der Waals surface area contributed by atoms with Crippen LogP contribution in [-0.4, -0.2) is 70.8 Å². The highest BCUT2D eigenvalue weighted by molar-refractivity contribution is 7.80. The molecule has 0 saturated heterocycles. The number of rotatable bonds is 8. The Morgan fingerprint density at radius 3 is 2.11 bits per heavy atom. The molecule has 0 aromatic heterocycles. The molecule has 112 valence electrons. The third-order valence-corrected chi connectivity index (χ3v) is 2.62. The van der Waals surface area contributed by atoms with Crippen LogP contribution in [0.15, 0.2) is 0 Å². The van der Waals surface area contributed by atoms with Crippen molar-refractivity contribution < 1.29 is 42.1 Å². The fourth-order valence-corrected chi connectivity index (χ4v) is 1.71. The van der Waals surface area contributed by atoms with Gasteiger partial charge in [0.1, 0.15) is 24.4 Å². The molecule has 19 heavy (non-hydrogen) atoms. The van der Waals surface area contributed by atoms with Gasteiger partial charge in [0.05, 0.1) is 6.61 Å². The molecule has 0 fully saturated rings. The molecule has 0 aromatic rings. The van der Waals surface area contributed by atoms with Gasteiger partial charge in [-0.15, -0.1) is 0 Å². The molecule has 0 heterocycles. The maximum atomic E-state index is 11.2. The second-order valence-electron chi connectivity index (χ2n) is 3.68. The summed E-state index contributed by atoms with van der Waals surface area (Å²) >= 11 is 0. The van der Waals surface area contributed by atoms with Crippen molar-refractivity contribution in [2.75, 3.05) is 6.61 Å². The van der Waals surface area contributed by atoms with E-state index in [1.807, 2.05) is 0 Å². The third-order valence-electron chi connectivity index (χ3n) is 2.15. The number of carbonyl (C=O) groups excluding carboxylic acids is 2. The first-order chi connectivity index (χ1) is 8.51. The number of aliphatic hydroxyl groups is 3. The average molecular weight is 301 g/mol. The Morgan fingerprint density at radius 2 is 1.79 bits per heavy atom. The predicted molar refractivity (Wildman–Crippen MR) is 59.2 cm³/mol. The lowest BCUT2D eigenvalue weighted by Gasteiger charge is -2.27. The molecule has 0 aromatic carbocycles. The van der Waals surface area contributed by atoms with E-state index in [9.17, 15) is 28.2 Å². The van der Waals surface area contributed by atoms with Crippen LogP contribution in [0.2, 0.25) is 0 Å². The number of hydrogen-bond acceptors (Lipinski definition) is 9. The fraction of sp³-hybridized carbons (Fsp3) is 0.750. The Hall–Kier alpha value is -0.950. The zero-order valence-corrected chi connectivity index (χ0v) is 10.6. The molecule has 0 saturated carbocycles. The Labute approximate surface area is 108 Å². The van der Waals surface area contributed by atoms with Crippen LogP contribution in [0.25, 0.3) is 0 Å². The van der Waals surface area contributed by atoms with E-state index in [2.05, 4.69) is 4.18 Å². The zero-order valence-electron chi connectivity index (χ0n) is 9.83. The highest BCUT2D eigenvalue weighted by atomic mass is 32.3. The molecule has 4 atom stereocenters. The van der Waals surface area contributed by atoms with E-state index in [-0.39, 0.29) is 0 Å². The standard InChI is InChI=1S/C8H15NO9S/c1-3(11)6(13)5(9)7(14)8(4(12)2-10)18-19(15,16)17/h4-5,7-8,10,12,14H,2,9H2,1H3,(H,15,16,17)/t4-,5+,7-,8+/m1/s1. The Balaban J connectivity index is 5.16. The van der Waals surface area contributed by atoms with Crippen LogP contribution in [0.1, 0.15) is 6.92 Å². The molecule has 0 aliphatic carbocycles. The van der Waals surface area contributed by atoms with Crippen molar-refractivity contribution in [1.82, 2.24) is 0 Å². The summed E-state index contributed by atoms with van der Waals surface area (Å²) in [6.07, 6.45) is -6.21. The lowest BCUT2D eigenvalue weighted by atomic mass is 9.97. The van der Waals surface area contributed by atoms with E-state index in [1.165, 1.54) is 0 Å². The Bertz CT molecular complexity index is 434. The monoisotopic (exact) mass is 301 g/mol. The Morgan fingerprint density at radius 1 is 1.32 bits per heavy atom. The number of Topliss-reactive ketones (excluding diaryl/α,β-unsaturated/α-hetero) is 2. The van der Waals surface area contributed by atoms with Gasteiger partial charge in [-0.05, 0) is 0 Å². The zero-order chi connectivity index (χ0) is 15.4. The lowest BCUT2D eigenvalue weighted by Crippen LogP contribution is -2.55. The van der Waals surface area contributed by atoms with Gasteiger partial charge in [0.15, 0.2) is 5.78 Å². The summed E-state index contributed by atoms with van der Waals surface area (Å²) < 4.78 is 33.5. The third kappa shape index (κ3) is 5.69. The highest BCUT2D eigenvalue weighted by Crippen LogP contribution is 2.12. The first-order valence-electron chi connectivity index (χ1n) is 4.94. The second-order valence-corrected chi connectivity index (χ2v) is 4.72. The van der Waals surface area contributed by atoms with Gasteiger partial charge in [0.25, 0.3) is 0 Å². The SMILES string of the molecule is CC(=O)C(=O)[C@H](N)[C@@H](O)[C@@H](OS(=O)(=O)O)[C@H](O)CO. The van der Waals surface area contributed by atoms with Crippen molar-refractivity contribution in [3.8, 4) is 0 Å². The van der Waals surface area contributed by atoms with Gasteiger partial charge in [-0.3, -0.25) is 14.1 Å². The second kappa shape index (κ2) is 7.00. The molecule has 0 radical (unpaired) electrons. The van der Waals surface area contributed by atoms with E-state index in [1.54, 1.807) is 0 Å². The minimum absolute atomic E-state index is 0.871. The number of ketones is 2. The smallest absolute Gasteiger partial charge is 0.394 e. The van der Waals surface area contributed by atoms with Crippen LogP contribution in [0.4, 0.5) is 0 Å². The van der Waals surface area contributed by atoms with Crippen molar-refractivity contribution >= 4 is 22.0 Å². The van der Waals surface area contributed by atoms with Crippen LogP contribution in [0, 0.1) is 0 Å². The van der Waals surface area contributed by atoms with Crippen molar-refractivity contribution in [3.05, 3.63) is 0 Å². The lowest BCUT2D eigenvalue weighted by molar-refractivity contribution is -0.140. The van der Waals surface area contributed by atoms with Crippen LogP contribution in [-0.2, 0) is 24.2 Å². The largest absolute Gasteiger partial charge is 0.397 e. The molecule has 0 rings (SSSR count). The minimum atomic E-state index is -5.09. The van der Waals surface area contributed by atoms with Gasteiger partial charge < -0.3 is 21.1 Å². The van der Waals surface area contributed by atoms with E-state index in [0.717, 1.165) is 6.92 Å². The molecular weight excluding hydrogens is 286 g/mol. The highest BCUT2D eigenvalue weighted by Gasteiger charge is 2.39. The van der Waals surface area contributed by atoms with Crippen LogP contribution in [0.3, 0.4) is 0 Å². The maximum absolute atomic E-state index is 11.2. The molecule has 0 bridgehead atoms. The number of carbonyl (C=O) groups is 2. The van der Waals surface area contributed by atoms with Crippen molar-refractivity contribution in [3.63, 3.8) is 0 Å². The molecule has 0 amide bonds. The molecule has 10 nitrogen and oxygen atoms in total. The van der Waals surface area contributed by atoms with E-state index in [4.69, 9.17) is 15.4 Å². The first-order valence-corrected chi connectivity index (χ1v) is 6.30. The van der Waals surface area contributed by atoms with E-state index >= 15 is 0 Å². The molecule has 6 N–H and O–H groups in total. The summed E-state index contributed by atoms with van der Waals surface area (Å²) in [4.78, 5) is 22.0. The molecule has 11 heteroatoms. The average Bonchev–Trinajstić information content (AvgIpc) is 2.30. The summed E-state index contributed by atoms with van der Waals surface area (Å²) in [5.74, 6) is -2.24. The Kier molecular flexibility index (Phi) is 6.65. The number of hydrogen-bond donors (Lipinski definition) is 5. The van der Waals surface area contributed by atoms with Gasteiger partial charge in [0.2, 0.25) is 5.78 Å². The minimum Gasteiger partial charge on any atom is -0.394 e. The van der Waals surface area contributed by atoms with Crippen molar-refractivity contribution in [2.24, 2.45) is 5.73 Å². The van der Waals surface area contributed by atoms with Gasteiger partial charge in [-0.25, -0.2) is 4.18 Å². The van der Waals surface area contributed by atoms with Gasteiger partial charge in [0, 0.05) is 6.92 Å². The van der Waals surface area contributed by atoms with Crippen molar-refractivity contribution in [2.45, 2.75) is 31.3 Å². The van der Waals surface area contributed by atoms with Gasteiger partial charge in [-0.1, -0.05) is 0 Å². The topological polar surface area (TPSA) is 184 Å². The normalized spacial score (nSPS) is 18.4. The summed E-state index contributed by atoms with van der Waals surface area (Å²) in [5.41, 5.74) is 5.20. The van der Waals surface area contributed by atoms with Crippen LogP contribution in [0.5, 0.6) is 0 Å². The molecule has 0 aliphatic heterocycles. The van der Waals surface area contributed by atoms with Gasteiger partial charge in [-0.2, -0.15) is 8.42 Å². The van der Waals surface area contributed by atoms with Gasteiger partial charge >= 0.3 is 10.4 Å². The molecular formula is C8H15NO9S. The fourth-order valence-electron chi connectivity index (χ4n) is 1.19. The number of aliphatic hydroxyl groups excluding tert-OH is 3. The summed E-state index contributed by atoms with van der Waals surface area (Å²) in [7, 11) is -5.09. The summed E-state index contributed by atoms with van der Waals surface area (Å²) in [6, 6.07) is -1.88. The van der Waals surface area contributed by atoms with E-state index in [0.29, 0.717) is 0 Å². The first kappa shape index (κ1) is 18.0. The number of nitrogens with two attached hydrogens (primary N) is 1. The summed E-state index contributed by atoms with van der Waals surface area (Å²) in [6.45, 7) is -0.172.